The number of rotatable bonds is 8. The highest BCUT2D eigenvalue weighted by molar-refractivity contribution is 5.92. The maximum absolute atomic E-state index is 12.3. The molecule has 0 aliphatic heterocycles. The monoisotopic (exact) mass is 376 g/mol. The van der Waals surface area contributed by atoms with Gasteiger partial charge in [-0.3, -0.25) is 4.79 Å². The van der Waals surface area contributed by atoms with Crippen LogP contribution in [0.3, 0.4) is 0 Å². The van der Waals surface area contributed by atoms with E-state index in [1.54, 1.807) is 0 Å². The van der Waals surface area contributed by atoms with E-state index in [9.17, 15) is 4.79 Å². The zero-order chi connectivity index (χ0) is 19.9. The van der Waals surface area contributed by atoms with Gasteiger partial charge in [0.25, 0.3) is 5.91 Å². The topological polar surface area (TPSA) is 50.4 Å². The molecule has 0 saturated heterocycles. The molecule has 0 saturated carbocycles. The van der Waals surface area contributed by atoms with E-state index in [4.69, 9.17) is 4.74 Å². The van der Waals surface area contributed by atoms with Gasteiger partial charge in [-0.25, -0.2) is 0 Å². The summed E-state index contributed by atoms with van der Waals surface area (Å²) in [5.74, 6) is 0.575. The van der Waals surface area contributed by atoms with Gasteiger partial charge in [0.05, 0.1) is 0 Å². The van der Waals surface area contributed by atoms with E-state index in [1.165, 1.54) is 5.39 Å². The largest absolute Gasteiger partial charge is 0.483 e. The number of carbonyl (C=O) groups excluding carboxylic acids is 1. The second-order valence-corrected chi connectivity index (χ2v) is 7.16. The number of amides is 1. The summed E-state index contributed by atoms with van der Waals surface area (Å²) in [5, 5.41) is 8.72. The van der Waals surface area contributed by atoms with Crippen LogP contribution in [-0.4, -0.2) is 18.6 Å². The predicted octanol–water partition coefficient (Wildman–Crippen LogP) is 5.05. The molecule has 0 aliphatic carbocycles. The van der Waals surface area contributed by atoms with Crippen molar-refractivity contribution in [3.05, 3.63) is 71.8 Å². The van der Waals surface area contributed by atoms with Crippen LogP contribution in [0.5, 0.6) is 5.75 Å². The minimum atomic E-state index is -0.169. The van der Waals surface area contributed by atoms with Gasteiger partial charge in [0.15, 0.2) is 6.61 Å². The van der Waals surface area contributed by atoms with Crippen molar-refractivity contribution in [3.8, 4) is 5.75 Å². The van der Waals surface area contributed by atoms with Crippen LogP contribution < -0.4 is 15.4 Å². The number of nitrogens with one attached hydrogen (secondary N) is 2. The van der Waals surface area contributed by atoms with E-state index in [0.717, 1.165) is 34.4 Å². The number of aryl methyl sites for hydroxylation is 1. The molecule has 3 aromatic carbocycles. The number of anilines is 1. The summed E-state index contributed by atoms with van der Waals surface area (Å²) in [4.78, 5) is 12.3. The summed E-state index contributed by atoms with van der Waals surface area (Å²) in [5.41, 5.74) is 3.02. The van der Waals surface area contributed by atoms with E-state index in [0.29, 0.717) is 12.6 Å². The van der Waals surface area contributed by atoms with Gasteiger partial charge in [-0.05, 0) is 49.2 Å². The molecule has 0 bridgehead atoms. The molecule has 4 heteroatoms. The number of fused-ring (bicyclic) bond motifs is 1. The Morgan fingerprint density at radius 3 is 2.54 bits per heavy atom. The molecular weight excluding hydrogens is 348 g/mol. The standard InChI is InChI=1S/C24H28N2O2/c1-4-18(3)25-15-22-21-8-6-5-7-19(21)11-14-23(22)28-16-24(27)26-20-12-9-17(2)10-13-20/h5-14,18,25H,4,15-16H2,1-3H3,(H,26,27). The van der Waals surface area contributed by atoms with Crippen molar-refractivity contribution in [3.63, 3.8) is 0 Å². The molecule has 0 fully saturated rings. The molecule has 0 aromatic heterocycles. The SMILES string of the molecule is CCC(C)NCc1c(OCC(=O)Nc2ccc(C)cc2)ccc2ccccc12. The van der Waals surface area contributed by atoms with Gasteiger partial charge in [0.1, 0.15) is 5.75 Å². The number of benzene rings is 3. The smallest absolute Gasteiger partial charge is 0.262 e. The van der Waals surface area contributed by atoms with Crippen LogP contribution in [0.2, 0.25) is 0 Å². The molecule has 3 rings (SSSR count). The summed E-state index contributed by atoms with van der Waals surface area (Å²) in [6.07, 6.45) is 1.06. The lowest BCUT2D eigenvalue weighted by Gasteiger charge is -2.17. The summed E-state index contributed by atoms with van der Waals surface area (Å²) in [6, 6.07) is 20.4. The molecule has 0 aliphatic rings. The van der Waals surface area contributed by atoms with Crippen LogP contribution in [0.25, 0.3) is 10.8 Å². The number of hydrogen-bond donors (Lipinski definition) is 2. The fraction of sp³-hybridized carbons (Fsp3) is 0.292. The first kappa shape index (κ1) is 19.9. The van der Waals surface area contributed by atoms with Gasteiger partial charge < -0.3 is 15.4 Å². The second kappa shape index (κ2) is 9.38. The Balaban J connectivity index is 1.73. The predicted molar refractivity (Wildman–Crippen MR) is 116 cm³/mol. The van der Waals surface area contributed by atoms with E-state index in [-0.39, 0.29) is 12.5 Å². The average molecular weight is 377 g/mol. The maximum Gasteiger partial charge on any atom is 0.262 e. The molecule has 28 heavy (non-hydrogen) atoms. The molecular formula is C24H28N2O2. The number of ether oxygens (including phenoxy) is 1. The highest BCUT2D eigenvalue weighted by atomic mass is 16.5. The lowest BCUT2D eigenvalue weighted by atomic mass is 10.0. The van der Waals surface area contributed by atoms with Gasteiger partial charge in [0, 0.05) is 23.8 Å². The third kappa shape index (κ3) is 5.11. The Morgan fingerprint density at radius 1 is 1.04 bits per heavy atom. The Hall–Kier alpha value is -2.85. The minimum absolute atomic E-state index is 0.0252. The van der Waals surface area contributed by atoms with Crippen molar-refractivity contribution in [2.45, 2.75) is 39.8 Å². The summed E-state index contributed by atoms with van der Waals surface area (Å²) in [6.45, 7) is 7.02. The van der Waals surface area contributed by atoms with Crippen LogP contribution in [-0.2, 0) is 11.3 Å². The number of carbonyl (C=O) groups is 1. The molecule has 4 nitrogen and oxygen atoms in total. The average Bonchev–Trinajstić information content (AvgIpc) is 2.72. The molecule has 0 heterocycles. The molecule has 1 atom stereocenters. The highest BCUT2D eigenvalue weighted by Crippen LogP contribution is 2.28. The second-order valence-electron chi connectivity index (χ2n) is 7.16. The van der Waals surface area contributed by atoms with Gasteiger partial charge >= 0.3 is 0 Å². The summed E-state index contributed by atoms with van der Waals surface area (Å²) in [7, 11) is 0. The fourth-order valence-electron chi connectivity index (χ4n) is 3.03. The molecule has 1 amide bonds. The maximum atomic E-state index is 12.3. The van der Waals surface area contributed by atoms with Crippen molar-refractivity contribution < 1.29 is 9.53 Å². The first-order chi connectivity index (χ1) is 13.6. The lowest BCUT2D eigenvalue weighted by molar-refractivity contribution is -0.118. The van der Waals surface area contributed by atoms with Gasteiger partial charge in [-0.15, -0.1) is 0 Å². The normalized spacial score (nSPS) is 12.0. The molecule has 2 N–H and O–H groups in total. The van der Waals surface area contributed by atoms with Crippen LogP contribution in [0.15, 0.2) is 60.7 Å². The molecule has 0 spiro atoms. The van der Waals surface area contributed by atoms with E-state index >= 15 is 0 Å². The van der Waals surface area contributed by atoms with E-state index < -0.39 is 0 Å². The quantitative estimate of drug-likeness (QED) is 0.578. The fourth-order valence-corrected chi connectivity index (χ4v) is 3.03. The van der Waals surface area contributed by atoms with E-state index in [2.05, 4.69) is 36.6 Å². The van der Waals surface area contributed by atoms with Crippen LogP contribution in [0.1, 0.15) is 31.4 Å². The highest BCUT2D eigenvalue weighted by Gasteiger charge is 2.12. The zero-order valence-electron chi connectivity index (χ0n) is 16.8. The first-order valence-electron chi connectivity index (χ1n) is 9.80. The van der Waals surface area contributed by atoms with Crippen molar-refractivity contribution in [2.75, 3.05) is 11.9 Å². The van der Waals surface area contributed by atoms with Crippen molar-refractivity contribution in [2.24, 2.45) is 0 Å². The first-order valence-corrected chi connectivity index (χ1v) is 9.80. The zero-order valence-corrected chi connectivity index (χ0v) is 16.8. The van der Waals surface area contributed by atoms with Crippen molar-refractivity contribution in [1.82, 2.24) is 5.32 Å². The van der Waals surface area contributed by atoms with Crippen LogP contribution >= 0.6 is 0 Å². The van der Waals surface area contributed by atoms with Gasteiger partial charge in [-0.1, -0.05) is 55.0 Å². The Kier molecular flexibility index (Phi) is 6.66. The third-order valence-corrected chi connectivity index (χ3v) is 4.93. The Bertz CT molecular complexity index is 935. The van der Waals surface area contributed by atoms with Crippen molar-refractivity contribution in [1.29, 1.82) is 0 Å². The Labute approximate surface area is 166 Å². The lowest BCUT2D eigenvalue weighted by Crippen LogP contribution is -2.25. The molecule has 1 unspecified atom stereocenters. The van der Waals surface area contributed by atoms with Crippen LogP contribution in [0.4, 0.5) is 5.69 Å². The molecule has 3 aromatic rings. The van der Waals surface area contributed by atoms with Crippen LogP contribution in [0, 0.1) is 6.92 Å². The summed E-state index contributed by atoms with van der Waals surface area (Å²) >= 11 is 0. The van der Waals surface area contributed by atoms with Crippen molar-refractivity contribution >= 4 is 22.4 Å². The Morgan fingerprint density at radius 2 is 1.79 bits per heavy atom. The molecule has 146 valence electrons. The van der Waals surface area contributed by atoms with Gasteiger partial charge in [0.2, 0.25) is 0 Å². The third-order valence-electron chi connectivity index (χ3n) is 4.93. The summed E-state index contributed by atoms with van der Waals surface area (Å²) < 4.78 is 5.92. The minimum Gasteiger partial charge on any atom is -0.483 e. The van der Waals surface area contributed by atoms with E-state index in [1.807, 2.05) is 55.5 Å². The molecule has 0 radical (unpaired) electrons. The van der Waals surface area contributed by atoms with Gasteiger partial charge in [-0.2, -0.15) is 0 Å². The number of hydrogen-bond acceptors (Lipinski definition) is 3.